The number of benzene rings is 2. The first-order valence-electron chi connectivity index (χ1n) is 12.6. The number of aromatic nitrogens is 2. The average Bonchev–Trinajstić information content (AvgIpc) is 3.10. The Bertz CT molecular complexity index is 1560. The number of ether oxygens (including phenoxy) is 3. The van der Waals surface area contributed by atoms with Crippen molar-refractivity contribution in [3.05, 3.63) is 82.9 Å². The lowest BCUT2D eigenvalue weighted by Gasteiger charge is -2.36. The molecule has 4 aliphatic rings. The molecule has 4 aliphatic heterocycles. The molecular weight excluding hydrogens is 448 g/mol. The average molecular weight is 477 g/mol. The first kappa shape index (κ1) is 20.3. The second kappa shape index (κ2) is 5.92. The molecule has 0 bridgehead atoms. The Balaban J connectivity index is 1.63. The van der Waals surface area contributed by atoms with Crippen molar-refractivity contribution in [1.82, 2.24) is 0 Å². The SMILES string of the molecule is CC(C)(C)c1cc2[n+]3c(c1)-c1cc(C(C)(C)C)cc4[n+]1C31c3c(cccc3O2)Oc2cccc(c21)O4. The van der Waals surface area contributed by atoms with Crippen LogP contribution in [-0.2, 0) is 16.5 Å². The van der Waals surface area contributed by atoms with E-state index in [0.29, 0.717) is 0 Å². The fourth-order valence-corrected chi connectivity index (χ4v) is 6.27. The molecule has 178 valence electrons. The minimum absolute atomic E-state index is 0.0436. The highest BCUT2D eigenvalue weighted by atomic mass is 16.5. The number of pyridine rings is 2. The van der Waals surface area contributed by atoms with Gasteiger partial charge in [-0.2, -0.15) is 0 Å². The molecule has 0 N–H and O–H groups in total. The van der Waals surface area contributed by atoms with E-state index in [-0.39, 0.29) is 10.8 Å². The zero-order valence-electron chi connectivity index (χ0n) is 21.4. The van der Waals surface area contributed by atoms with Crippen molar-refractivity contribution in [3.8, 4) is 46.1 Å². The maximum atomic E-state index is 6.68. The number of rotatable bonds is 0. The fraction of sp³-hybridized carbons (Fsp3) is 0.290. The van der Waals surface area contributed by atoms with Crippen LogP contribution in [0.15, 0.2) is 60.7 Å². The second-order valence-electron chi connectivity index (χ2n) is 12.3. The first-order valence-corrected chi connectivity index (χ1v) is 12.6. The summed E-state index contributed by atoms with van der Waals surface area (Å²) in [5.74, 6) is 4.93. The van der Waals surface area contributed by atoms with Crippen LogP contribution in [0.1, 0.15) is 63.8 Å². The van der Waals surface area contributed by atoms with Crippen LogP contribution in [0.5, 0.6) is 34.8 Å². The Morgan fingerprint density at radius 3 is 1.33 bits per heavy atom. The quantitative estimate of drug-likeness (QED) is 0.236. The normalized spacial score (nSPS) is 16.4. The Morgan fingerprint density at radius 2 is 0.944 bits per heavy atom. The van der Waals surface area contributed by atoms with Gasteiger partial charge in [0, 0.05) is 12.1 Å². The van der Waals surface area contributed by atoms with Gasteiger partial charge in [0.2, 0.25) is 0 Å². The molecule has 8 rings (SSSR count). The molecule has 5 nitrogen and oxygen atoms in total. The van der Waals surface area contributed by atoms with Gasteiger partial charge in [0.25, 0.3) is 11.4 Å². The van der Waals surface area contributed by atoms with Crippen LogP contribution in [0, 0.1) is 0 Å². The van der Waals surface area contributed by atoms with Crippen LogP contribution in [0.25, 0.3) is 11.4 Å². The highest BCUT2D eigenvalue weighted by Gasteiger charge is 2.75. The third-order valence-electron chi connectivity index (χ3n) is 8.03. The number of nitrogens with zero attached hydrogens (tertiary/aromatic N) is 2. The zero-order valence-corrected chi connectivity index (χ0v) is 21.4. The van der Waals surface area contributed by atoms with Crippen molar-refractivity contribution in [2.45, 2.75) is 58.0 Å². The van der Waals surface area contributed by atoms with Crippen LogP contribution < -0.4 is 23.3 Å². The summed E-state index contributed by atoms with van der Waals surface area (Å²) < 4.78 is 24.6. The molecule has 2 aromatic carbocycles. The van der Waals surface area contributed by atoms with Crippen LogP contribution in [0.2, 0.25) is 0 Å². The van der Waals surface area contributed by atoms with Crippen LogP contribution in [0.3, 0.4) is 0 Å². The summed E-state index contributed by atoms with van der Waals surface area (Å²) >= 11 is 0. The Kier molecular flexibility index (Phi) is 3.34. The van der Waals surface area contributed by atoms with Crippen LogP contribution in [-0.4, -0.2) is 0 Å². The molecule has 1 spiro atoms. The Hall–Kier alpha value is -3.86. The first-order chi connectivity index (χ1) is 17.1. The van der Waals surface area contributed by atoms with Crippen LogP contribution >= 0.6 is 0 Å². The maximum Gasteiger partial charge on any atom is 0.437 e. The second-order valence-corrected chi connectivity index (χ2v) is 12.3. The molecule has 0 saturated carbocycles. The van der Waals surface area contributed by atoms with Crippen LogP contribution in [0.4, 0.5) is 0 Å². The molecule has 0 unspecified atom stereocenters. The predicted octanol–water partition coefficient (Wildman–Crippen LogP) is 6.45. The third-order valence-corrected chi connectivity index (χ3v) is 8.03. The summed E-state index contributed by atoms with van der Waals surface area (Å²) in [7, 11) is 0. The van der Waals surface area contributed by atoms with Gasteiger partial charge in [-0.25, -0.2) is 0 Å². The molecule has 0 amide bonds. The van der Waals surface area contributed by atoms with Crippen molar-refractivity contribution in [2.75, 3.05) is 0 Å². The molecule has 4 aromatic rings. The van der Waals surface area contributed by atoms with E-state index in [1.165, 1.54) is 11.1 Å². The lowest BCUT2D eigenvalue weighted by atomic mass is 9.83. The molecule has 0 aliphatic carbocycles. The Morgan fingerprint density at radius 1 is 0.556 bits per heavy atom. The van der Waals surface area contributed by atoms with Gasteiger partial charge >= 0.3 is 17.4 Å². The van der Waals surface area contributed by atoms with E-state index in [4.69, 9.17) is 14.2 Å². The summed E-state index contributed by atoms with van der Waals surface area (Å²) in [6, 6.07) is 21.3. The van der Waals surface area contributed by atoms with E-state index in [0.717, 1.165) is 57.3 Å². The molecule has 6 heterocycles. The summed E-state index contributed by atoms with van der Waals surface area (Å²) in [5, 5.41) is 0. The highest BCUT2D eigenvalue weighted by molar-refractivity contribution is 5.68. The molecule has 36 heavy (non-hydrogen) atoms. The van der Waals surface area contributed by atoms with Gasteiger partial charge in [0.05, 0.1) is 12.1 Å². The van der Waals surface area contributed by atoms with E-state index in [1.807, 2.05) is 24.3 Å². The minimum Gasteiger partial charge on any atom is -0.455 e. The molecule has 0 saturated heterocycles. The van der Waals surface area contributed by atoms with Crippen molar-refractivity contribution < 1.29 is 23.3 Å². The molecule has 2 aromatic heterocycles. The fourth-order valence-electron chi connectivity index (χ4n) is 6.27. The van der Waals surface area contributed by atoms with Gasteiger partial charge in [0.15, 0.2) is 22.6 Å². The molecule has 0 radical (unpaired) electrons. The largest absolute Gasteiger partial charge is 0.455 e. The summed E-state index contributed by atoms with van der Waals surface area (Å²) in [5.41, 5.74) is 5.97. The predicted molar refractivity (Wildman–Crippen MR) is 134 cm³/mol. The van der Waals surface area contributed by atoms with E-state index in [1.54, 1.807) is 0 Å². The number of hydrogen-bond acceptors (Lipinski definition) is 3. The molecular formula is C31H28N2O3+2. The minimum atomic E-state index is -0.686. The molecule has 0 atom stereocenters. The number of hydrogen-bond donors (Lipinski definition) is 0. The smallest absolute Gasteiger partial charge is 0.437 e. The van der Waals surface area contributed by atoms with Crippen molar-refractivity contribution in [3.63, 3.8) is 0 Å². The lowest BCUT2D eigenvalue weighted by Crippen LogP contribution is -2.74. The van der Waals surface area contributed by atoms with Gasteiger partial charge in [-0.15, -0.1) is 0 Å². The summed E-state index contributed by atoms with van der Waals surface area (Å²) in [6.07, 6.45) is 0. The molecule has 0 fully saturated rings. The standard InChI is InChI=1S/C31H28N2O3/c1-29(2,3)17-13-19-20-14-18(30(4,5)6)16-26-33(20)31-27-21(34-22-10-8-12-24(36-26)28(22)31)9-7-11-23(27)35-25(15-17)32(19)31/h7-16H,1-6H3/q+2. The van der Waals surface area contributed by atoms with E-state index >= 15 is 0 Å². The third kappa shape index (κ3) is 2.19. The molecule has 5 heteroatoms. The van der Waals surface area contributed by atoms with E-state index < -0.39 is 5.66 Å². The summed E-state index contributed by atoms with van der Waals surface area (Å²) in [4.78, 5) is 0. The van der Waals surface area contributed by atoms with Gasteiger partial charge in [-0.3, -0.25) is 0 Å². The van der Waals surface area contributed by atoms with Crippen molar-refractivity contribution in [1.29, 1.82) is 0 Å². The lowest BCUT2D eigenvalue weighted by molar-refractivity contribution is -0.943. The van der Waals surface area contributed by atoms with Gasteiger partial charge < -0.3 is 14.2 Å². The number of fused-ring (bicyclic) bond motifs is 1. The zero-order chi connectivity index (χ0) is 24.8. The van der Waals surface area contributed by atoms with Gasteiger partial charge in [0.1, 0.15) is 11.5 Å². The maximum absolute atomic E-state index is 6.68. The van der Waals surface area contributed by atoms with Crippen molar-refractivity contribution >= 4 is 0 Å². The monoisotopic (exact) mass is 476 g/mol. The van der Waals surface area contributed by atoms with Crippen molar-refractivity contribution in [2.24, 2.45) is 0 Å². The van der Waals surface area contributed by atoms with E-state index in [2.05, 4.69) is 87.1 Å². The summed E-state index contributed by atoms with van der Waals surface area (Å²) in [6.45, 7) is 13.5. The van der Waals surface area contributed by atoms with E-state index in [9.17, 15) is 0 Å². The topological polar surface area (TPSA) is 35.5 Å². The van der Waals surface area contributed by atoms with Gasteiger partial charge in [-0.05, 0) is 46.2 Å². The highest BCUT2D eigenvalue weighted by Crippen LogP contribution is 2.59. The van der Waals surface area contributed by atoms with Gasteiger partial charge in [-0.1, -0.05) is 62.8 Å². The Labute approximate surface area is 210 Å².